The molecule has 4 rings (SSSR count). The molecule has 4 atom stereocenters. The molecule has 0 unspecified atom stereocenters. The molecule has 1 aliphatic heterocycles. The van der Waals surface area contributed by atoms with Gasteiger partial charge in [0.2, 0.25) is 0 Å². The van der Waals surface area contributed by atoms with Gasteiger partial charge < -0.3 is 28.9 Å². The van der Waals surface area contributed by atoms with E-state index in [1.807, 2.05) is 13.8 Å². The number of anilines is 1. The number of hydrogen-bond acceptors (Lipinski definition) is 9. The summed E-state index contributed by atoms with van der Waals surface area (Å²) in [5, 5.41) is 10.0. The van der Waals surface area contributed by atoms with Crippen molar-refractivity contribution < 1.29 is 32.6 Å². The highest BCUT2D eigenvalue weighted by Gasteiger charge is 2.31. The number of aromatic nitrogens is 3. The molecular weight excluding hydrogens is 612 g/mol. The van der Waals surface area contributed by atoms with E-state index in [0.29, 0.717) is 24.3 Å². The summed E-state index contributed by atoms with van der Waals surface area (Å²) in [6, 6.07) is 7.32. The minimum atomic E-state index is -4.03. The topological polar surface area (TPSA) is 156 Å². The van der Waals surface area contributed by atoms with Crippen LogP contribution in [-0.2, 0) is 21.8 Å². The second-order valence-electron chi connectivity index (χ2n) is 11.9. The number of nitrogens with zero attached hydrogens (tertiary/aromatic N) is 5. The molecule has 250 valence electrons. The van der Waals surface area contributed by atoms with Gasteiger partial charge in [-0.3, -0.25) is 19.3 Å². The van der Waals surface area contributed by atoms with Gasteiger partial charge in [0.25, 0.3) is 21.8 Å². The van der Waals surface area contributed by atoms with Gasteiger partial charge in [-0.25, -0.2) is 4.98 Å². The van der Waals surface area contributed by atoms with E-state index in [-0.39, 0.29) is 53.9 Å². The summed E-state index contributed by atoms with van der Waals surface area (Å²) in [5.74, 6) is -0.544. The normalized spacial score (nSPS) is 20.6. The summed E-state index contributed by atoms with van der Waals surface area (Å²) in [6.45, 7) is 6.25. The standard InChI is InChI=1S/C32H44N6O7S/c1-22-17-38(23(2)20-39)32(41)27-16-26(35-46(42,43)30-19-36(4)21-34-30)9-10-28(27)45-24(3)8-6-7-15-44-29(22)18-37(5)31(40)25-11-13-33-14-12-25/h9-14,16,19,21-24,29,35,39H,6-8,15,17-18,20H2,1-5H3/t22-,23-,24-,29+/m1/s1. The Morgan fingerprint density at radius 3 is 2.61 bits per heavy atom. The molecule has 3 heterocycles. The zero-order valence-corrected chi connectivity index (χ0v) is 27.8. The summed E-state index contributed by atoms with van der Waals surface area (Å²) >= 11 is 0. The lowest BCUT2D eigenvalue weighted by Gasteiger charge is -2.36. The van der Waals surface area contributed by atoms with Crippen molar-refractivity contribution in [1.82, 2.24) is 24.3 Å². The largest absolute Gasteiger partial charge is 0.490 e. The lowest BCUT2D eigenvalue weighted by molar-refractivity contribution is -0.0149. The first-order valence-corrected chi connectivity index (χ1v) is 16.9. The number of aryl methyl sites for hydroxylation is 1. The van der Waals surface area contributed by atoms with Gasteiger partial charge in [0.05, 0.1) is 36.7 Å². The Morgan fingerprint density at radius 1 is 1.20 bits per heavy atom. The smallest absolute Gasteiger partial charge is 0.280 e. The van der Waals surface area contributed by atoms with Crippen molar-refractivity contribution in [2.45, 2.75) is 63.3 Å². The average Bonchev–Trinajstić information content (AvgIpc) is 3.49. The number of aliphatic hydroxyl groups is 1. The van der Waals surface area contributed by atoms with Crippen molar-refractivity contribution in [2.24, 2.45) is 13.0 Å². The summed E-state index contributed by atoms with van der Waals surface area (Å²) in [6.07, 6.45) is 7.53. The van der Waals surface area contributed by atoms with Gasteiger partial charge in [-0.05, 0) is 63.4 Å². The summed E-state index contributed by atoms with van der Waals surface area (Å²) < 4.78 is 42.7. The lowest BCUT2D eigenvalue weighted by atomic mass is 10.0. The molecule has 0 saturated carbocycles. The third-order valence-electron chi connectivity index (χ3n) is 7.99. The Balaban J connectivity index is 1.66. The Morgan fingerprint density at radius 2 is 1.93 bits per heavy atom. The van der Waals surface area contributed by atoms with Crippen LogP contribution in [0.15, 0.2) is 60.3 Å². The van der Waals surface area contributed by atoms with Crippen molar-refractivity contribution in [3.05, 3.63) is 66.4 Å². The number of benzene rings is 1. The van der Waals surface area contributed by atoms with Gasteiger partial charge in [-0.2, -0.15) is 8.42 Å². The molecule has 46 heavy (non-hydrogen) atoms. The molecule has 0 spiro atoms. The van der Waals surface area contributed by atoms with Gasteiger partial charge in [-0.15, -0.1) is 0 Å². The van der Waals surface area contributed by atoms with Crippen LogP contribution in [0.1, 0.15) is 60.7 Å². The predicted octanol–water partition coefficient (Wildman–Crippen LogP) is 3.18. The van der Waals surface area contributed by atoms with Crippen molar-refractivity contribution >= 4 is 27.5 Å². The SMILES string of the molecule is C[C@@H]1CCCCO[C@@H](CN(C)C(=O)c2ccncc2)[C@H](C)CN([C@H](C)CO)C(=O)c2cc(NS(=O)(=O)c3cn(C)cn3)ccc2O1. The maximum atomic E-state index is 14.3. The zero-order valence-electron chi connectivity index (χ0n) is 27.0. The summed E-state index contributed by atoms with van der Waals surface area (Å²) in [7, 11) is -0.645. The quantitative estimate of drug-likeness (QED) is 0.372. The van der Waals surface area contributed by atoms with E-state index in [2.05, 4.69) is 14.7 Å². The fraction of sp³-hybridized carbons (Fsp3) is 0.500. The van der Waals surface area contributed by atoms with Crippen LogP contribution < -0.4 is 9.46 Å². The Hall–Kier alpha value is -4.01. The zero-order chi connectivity index (χ0) is 33.4. The molecule has 13 nitrogen and oxygen atoms in total. The highest BCUT2D eigenvalue weighted by Crippen LogP contribution is 2.29. The number of carbonyl (C=O) groups excluding carboxylic acids is 2. The highest BCUT2D eigenvalue weighted by molar-refractivity contribution is 7.92. The molecule has 2 amide bonds. The first-order chi connectivity index (χ1) is 21.9. The van der Waals surface area contributed by atoms with Crippen LogP contribution in [-0.4, -0.2) is 101 Å². The number of rotatable bonds is 8. The van der Waals surface area contributed by atoms with E-state index >= 15 is 0 Å². The second-order valence-corrected chi connectivity index (χ2v) is 13.5. The number of carbonyl (C=O) groups is 2. The minimum absolute atomic E-state index is 0.153. The second kappa shape index (κ2) is 15.5. The Bertz CT molecular complexity index is 1580. The van der Waals surface area contributed by atoms with Crippen LogP contribution >= 0.6 is 0 Å². The van der Waals surface area contributed by atoms with Crippen molar-refractivity contribution in [3.63, 3.8) is 0 Å². The van der Waals surface area contributed by atoms with Gasteiger partial charge in [0.1, 0.15) is 5.75 Å². The number of imidazole rings is 1. The van der Waals surface area contributed by atoms with Gasteiger partial charge in [0, 0.05) is 69.6 Å². The molecule has 1 aromatic carbocycles. The number of fused-ring (bicyclic) bond motifs is 1. The number of likely N-dealkylation sites (N-methyl/N-ethyl adjacent to an activating group) is 1. The van der Waals surface area contributed by atoms with Gasteiger partial charge >= 0.3 is 0 Å². The number of pyridine rings is 1. The molecule has 0 radical (unpaired) electrons. The van der Waals surface area contributed by atoms with Crippen LogP contribution in [0.3, 0.4) is 0 Å². The van der Waals surface area contributed by atoms with E-state index < -0.39 is 28.1 Å². The summed E-state index contributed by atoms with van der Waals surface area (Å²) in [4.78, 5) is 38.5. The Labute approximate surface area is 270 Å². The monoisotopic (exact) mass is 656 g/mol. The minimum Gasteiger partial charge on any atom is -0.490 e. The number of amides is 2. The van der Waals surface area contributed by atoms with Gasteiger partial charge in [0.15, 0.2) is 5.03 Å². The Kier molecular flexibility index (Phi) is 11.8. The molecule has 0 aliphatic carbocycles. The van der Waals surface area contributed by atoms with Crippen LogP contribution in [0.5, 0.6) is 5.75 Å². The van der Waals surface area contributed by atoms with Crippen molar-refractivity contribution in [1.29, 1.82) is 0 Å². The van der Waals surface area contributed by atoms with E-state index in [1.54, 1.807) is 67.5 Å². The van der Waals surface area contributed by atoms with Crippen LogP contribution in [0, 0.1) is 5.92 Å². The van der Waals surface area contributed by atoms with E-state index in [9.17, 15) is 23.1 Å². The number of nitrogens with one attached hydrogen (secondary N) is 1. The van der Waals surface area contributed by atoms with E-state index in [1.165, 1.54) is 23.2 Å². The molecular formula is C32H44N6O7S. The first-order valence-electron chi connectivity index (χ1n) is 15.4. The molecule has 0 bridgehead atoms. The molecule has 0 saturated heterocycles. The number of aliphatic hydroxyl groups excluding tert-OH is 1. The average molecular weight is 657 g/mol. The number of ether oxygens (including phenoxy) is 2. The first kappa shape index (κ1) is 34.9. The predicted molar refractivity (Wildman–Crippen MR) is 172 cm³/mol. The third-order valence-corrected chi connectivity index (χ3v) is 9.25. The van der Waals surface area contributed by atoms with Crippen molar-refractivity contribution in [2.75, 3.05) is 38.1 Å². The van der Waals surface area contributed by atoms with Crippen LogP contribution in [0.25, 0.3) is 0 Å². The maximum absolute atomic E-state index is 14.3. The lowest BCUT2D eigenvalue weighted by Crippen LogP contribution is -2.48. The van der Waals surface area contributed by atoms with E-state index in [4.69, 9.17) is 9.47 Å². The number of sulfonamides is 1. The fourth-order valence-electron chi connectivity index (χ4n) is 5.25. The fourth-order valence-corrected chi connectivity index (χ4v) is 6.28. The molecule has 3 aromatic rings. The number of hydrogen-bond donors (Lipinski definition) is 2. The van der Waals surface area contributed by atoms with Crippen LogP contribution in [0.4, 0.5) is 5.69 Å². The molecule has 2 N–H and O–H groups in total. The molecule has 2 aromatic heterocycles. The molecule has 14 heteroatoms. The molecule has 1 aliphatic rings. The van der Waals surface area contributed by atoms with E-state index in [0.717, 1.165) is 12.8 Å². The maximum Gasteiger partial charge on any atom is 0.280 e. The van der Waals surface area contributed by atoms with Gasteiger partial charge in [-0.1, -0.05) is 6.92 Å². The third kappa shape index (κ3) is 8.83. The molecule has 0 fully saturated rings. The highest BCUT2D eigenvalue weighted by atomic mass is 32.2. The van der Waals surface area contributed by atoms with Crippen LogP contribution in [0.2, 0.25) is 0 Å². The summed E-state index contributed by atoms with van der Waals surface area (Å²) in [5.41, 5.74) is 0.828. The van der Waals surface area contributed by atoms with Crippen molar-refractivity contribution in [3.8, 4) is 5.75 Å².